The van der Waals surface area contributed by atoms with Crippen LogP contribution in [0.5, 0.6) is 0 Å². The molecule has 0 radical (unpaired) electrons. The lowest BCUT2D eigenvalue weighted by Crippen LogP contribution is -2.34. The SMILES string of the molecule is C=C(/C=C/C(C)C)O[Si](CC)(CC)CC. The molecule has 0 aliphatic carbocycles. The first-order chi connectivity index (χ1) is 6.99. The van der Waals surface area contributed by atoms with Crippen molar-refractivity contribution in [3.63, 3.8) is 0 Å². The summed E-state index contributed by atoms with van der Waals surface area (Å²) in [6, 6.07) is 3.53. The van der Waals surface area contributed by atoms with Gasteiger partial charge in [0.1, 0.15) is 0 Å². The average molecular weight is 226 g/mol. The summed E-state index contributed by atoms with van der Waals surface area (Å²) in [6.07, 6.45) is 4.16. The summed E-state index contributed by atoms with van der Waals surface area (Å²) >= 11 is 0. The smallest absolute Gasteiger partial charge is 0.250 e. The van der Waals surface area contributed by atoms with Gasteiger partial charge < -0.3 is 4.43 Å². The molecule has 0 fully saturated rings. The van der Waals surface area contributed by atoms with Gasteiger partial charge in [-0.25, -0.2) is 0 Å². The summed E-state index contributed by atoms with van der Waals surface area (Å²) in [5.41, 5.74) is 0. The molecule has 0 rings (SSSR count). The van der Waals surface area contributed by atoms with E-state index in [4.69, 9.17) is 4.43 Å². The van der Waals surface area contributed by atoms with Crippen LogP contribution < -0.4 is 0 Å². The predicted octanol–water partition coefficient (Wildman–Crippen LogP) is 4.73. The van der Waals surface area contributed by atoms with E-state index in [2.05, 4.69) is 47.3 Å². The van der Waals surface area contributed by atoms with Crippen molar-refractivity contribution in [2.75, 3.05) is 0 Å². The highest BCUT2D eigenvalue weighted by atomic mass is 28.4. The number of rotatable bonds is 7. The van der Waals surface area contributed by atoms with E-state index in [0.29, 0.717) is 5.92 Å². The molecule has 0 atom stereocenters. The van der Waals surface area contributed by atoms with Crippen molar-refractivity contribution in [1.29, 1.82) is 0 Å². The molecule has 15 heavy (non-hydrogen) atoms. The summed E-state index contributed by atoms with van der Waals surface area (Å²) in [7, 11) is -1.50. The molecule has 0 heterocycles. The highest BCUT2D eigenvalue weighted by molar-refractivity contribution is 6.73. The summed E-state index contributed by atoms with van der Waals surface area (Å²) in [5.74, 6) is 1.41. The zero-order valence-corrected chi connectivity index (χ0v) is 12.0. The molecule has 0 aromatic rings. The number of hydrogen-bond acceptors (Lipinski definition) is 1. The third kappa shape index (κ3) is 5.21. The van der Waals surface area contributed by atoms with Crippen LogP contribution in [0.3, 0.4) is 0 Å². The Kier molecular flexibility index (Phi) is 6.65. The Morgan fingerprint density at radius 2 is 1.67 bits per heavy atom. The van der Waals surface area contributed by atoms with Crippen molar-refractivity contribution >= 4 is 8.32 Å². The van der Waals surface area contributed by atoms with Gasteiger partial charge in [0.25, 0.3) is 0 Å². The van der Waals surface area contributed by atoms with Crippen LogP contribution in [0.25, 0.3) is 0 Å². The van der Waals surface area contributed by atoms with Crippen molar-refractivity contribution in [2.45, 2.75) is 52.8 Å². The van der Waals surface area contributed by atoms with Gasteiger partial charge in [-0.05, 0) is 30.1 Å². The van der Waals surface area contributed by atoms with Gasteiger partial charge >= 0.3 is 0 Å². The third-order valence-electron chi connectivity index (χ3n) is 2.95. The minimum Gasteiger partial charge on any atom is -0.544 e. The lowest BCUT2D eigenvalue weighted by atomic mass is 10.2. The van der Waals surface area contributed by atoms with Gasteiger partial charge in [-0.1, -0.05) is 47.3 Å². The van der Waals surface area contributed by atoms with Gasteiger partial charge in [-0.15, -0.1) is 0 Å². The standard InChI is InChI=1S/C13H26OSi/c1-7-15(8-2,9-3)14-13(6)11-10-12(4)5/h10-12H,6-9H2,1-5H3/b11-10+. The fraction of sp³-hybridized carbons (Fsp3) is 0.692. The van der Waals surface area contributed by atoms with E-state index in [1.165, 1.54) is 18.1 Å². The fourth-order valence-electron chi connectivity index (χ4n) is 1.58. The second kappa shape index (κ2) is 6.89. The van der Waals surface area contributed by atoms with Crippen LogP contribution >= 0.6 is 0 Å². The van der Waals surface area contributed by atoms with Crippen molar-refractivity contribution in [1.82, 2.24) is 0 Å². The van der Waals surface area contributed by atoms with Crippen LogP contribution in [0.4, 0.5) is 0 Å². The molecule has 0 unspecified atom stereocenters. The van der Waals surface area contributed by atoms with Crippen LogP contribution in [-0.4, -0.2) is 8.32 Å². The van der Waals surface area contributed by atoms with Crippen LogP contribution in [0.15, 0.2) is 24.5 Å². The van der Waals surface area contributed by atoms with Crippen molar-refractivity contribution in [2.24, 2.45) is 5.92 Å². The second-order valence-electron chi connectivity index (χ2n) is 4.42. The van der Waals surface area contributed by atoms with E-state index in [1.54, 1.807) is 0 Å². The highest BCUT2D eigenvalue weighted by Crippen LogP contribution is 2.24. The summed E-state index contributed by atoms with van der Waals surface area (Å²) in [5, 5.41) is 0. The van der Waals surface area contributed by atoms with Gasteiger partial charge in [0.2, 0.25) is 8.32 Å². The van der Waals surface area contributed by atoms with Crippen molar-refractivity contribution < 1.29 is 4.43 Å². The maximum atomic E-state index is 6.09. The lowest BCUT2D eigenvalue weighted by Gasteiger charge is -2.29. The minimum absolute atomic E-state index is 0.561. The molecule has 0 aromatic heterocycles. The van der Waals surface area contributed by atoms with Crippen molar-refractivity contribution in [3.8, 4) is 0 Å². The Morgan fingerprint density at radius 3 is 2.00 bits per heavy atom. The zero-order chi connectivity index (χ0) is 11.9. The van der Waals surface area contributed by atoms with E-state index < -0.39 is 8.32 Å². The molecule has 0 amide bonds. The Morgan fingerprint density at radius 1 is 1.20 bits per heavy atom. The monoisotopic (exact) mass is 226 g/mol. The molecule has 88 valence electrons. The van der Waals surface area contributed by atoms with Crippen LogP contribution in [0.2, 0.25) is 18.1 Å². The van der Waals surface area contributed by atoms with E-state index >= 15 is 0 Å². The van der Waals surface area contributed by atoms with Crippen LogP contribution in [-0.2, 0) is 4.43 Å². The van der Waals surface area contributed by atoms with E-state index in [9.17, 15) is 0 Å². The topological polar surface area (TPSA) is 9.23 Å². The van der Waals surface area contributed by atoms with Gasteiger partial charge in [-0.3, -0.25) is 0 Å². The van der Waals surface area contributed by atoms with Gasteiger partial charge in [0, 0.05) is 0 Å². The van der Waals surface area contributed by atoms with Crippen LogP contribution in [0.1, 0.15) is 34.6 Å². The molecule has 0 aliphatic rings. The van der Waals surface area contributed by atoms with Gasteiger partial charge in [0.15, 0.2) is 0 Å². The summed E-state index contributed by atoms with van der Waals surface area (Å²) < 4.78 is 6.09. The normalized spacial score (nSPS) is 12.4. The van der Waals surface area contributed by atoms with E-state index in [0.717, 1.165) is 5.76 Å². The first-order valence-corrected chi connectivity index (χ1v) is 8.58. The molecule has 0 N–H and O–H groups in total. The average Bonchev–Trinajstić information content (AvgIpc) is 2.23. The summed E-state index contributed by atoms with van der Waals surface area (Å²) in [4.78, 5) is 0. The first-order valence-electron chi connectivity index (χ1n) is 6.05. The molecule has 0 aromatic carbocycles. The number of hydrogen-bond donors (Lipinski definition) is 0. The zero-order valence-electron chi connectivity index (χ0n) is 11.0. The molecule has 2 heteroatoms. The molecule has 0 saturated carbocycles. The first kappa shape index (κ1) is 14.5. The highest BCUT2D eigenvalue weighted by Gasteiger charge is 2.30. The Labute approximate surface area is 96.4 Å². The predicted molar refractivity (Wildman–Crippen MR) is 71.4 cm³/mol. The molecule has 0 spiro atoms. The molecule has 0 aliphatic heterocycles. The second-order valence-corrected chi connectivity index (χ2v) is 9.11. The van der Waals surface area contributed by atoms with Crippen molar-refractivity contribution in [3.05, 3.63) is 24.5 Å². The molecule has 0 saturated heterocycles. The third-order valence-corrected chi connectivity index (χ3v) is 7.51. The maximum absolute atomic E-state index is 6.09. The maximum Gasteiger partial charge on any atom is 0.250 e. The van der Waals surface area contributed by atoms with E-state index in [-0.39, 0.29) is 0 Å². The Bertz CT molecular complexity index is 206. The van der Waals surface area contributed by atoms with Crippen LogP contribution in [0, 0.1) is 5.92 Å². The van der Waals surface area contributed by atoms with Gasteiger partial charge in [0.05, 0.1) is 5.76 Å². The van der Waals surface area contributed by atoms with Gasteiger partial charge in [-0.2, -0.15) is 0 Å². The quantitative estimate of drug-likeness (QED) is 0.346. The Balaban J connectivity index is 4.36. The Hall–Kier alpha value is -0.503. The largest absolute Gasteiger partial charge is 0.544 e. The summed E-state index contributed by atoms with van der Waals surface area (Å²) in [6.45, 7) is 15.0. The molecule has 0 bridgehead atoms. The molecular formula is C13H26OSi. The minimum atomic E-state index is -1.50. The fourth-order valence-corrected chi connectivity index (χ4v) is 4.14. The van der Waals surface area contributed by atoms with E-state index in [1.807, 2.05) is 6.08 Å². The molecular weight excluding hydrogens is 200 g/mol. The lowest BCUT2D eigenvalue weighted by molar-refractivity contribution is 0.424. The molecule has 1 nitrogen and oxygen atoms in total. The number of allylic oxidation sites excluding steroid dienone is 2.